The van der Waals surface area contributed by atoms with E-state index >= 15 is 0 Å². The summed E-state index contributed by atoms with van der Waals surface area (Å²) < 4.78 is 0. The second kappa shape index (κ2) is 3.82. The van der Waals surface area contributed by atoms with E-state index in [-0.39, 0.29) is 5.69 Å². The van der Waals surface area contributed by atoms with Gasteiger partial charge in [0, 0.05) is 16.1 Å². The Kier molecular flexibility index (Phi) is 2.51. The minimum atomic E-state index is -0.984. The minimum absolute atomic E-state index is 0.123. The molecule has 0 fully saturated rings. The fourth-order valence-electron chi connectivity index (χ4n) is 1.35. The average Bonchev–Trinajstić information content (AvgIpc) is 2.70. The Morgan fingerprint density at radius 3 is 2.80 bits per heavy atom. The van der Waals surface area contributed by atoms with Gasteiger partial charge in [0.15, 0.2) is 5.69 Å². The van der Waals surface area contributed by atoms with Crippen molar-refractivity contribution in [3.63, 3.8) is 0 Å². The highest BCUT2D eigenvalue weighted by atomic mass is 32.1. The van der Waals surface area contributed by atoms with Gasteiger partial charge < -0.3 is 5.11 Å². The monoisotopic (exact) mass is 219 g/mol. The third-order valence-electron chi connectivity index (χ3n) is 2.02. The van der Waals surface area contributed by atoms with E-state index in [1.807, 2.05) is 23.6 Å². The number of aromatic nitrogens is 1. The molecule has 0 saturated heterocycles. The maximum Gasteiger partial charge on any atom is 0.355 e. The van der Waals surface area contributed by atoms with Crippen molar-refractivity contribution < 1.29 is 9.90 Å². The maximum atomic E-state index is 11.0. The van der Waals surface area contributed by atoms with E-state index < -0.39 is 5.97 Å². The first-order valence-corrected chi connectivity index (χ1v) is 5.31. The molecule has 2 rings (SSSR count). The molecule has 0 aliphatic rings. The standard InChI is InChI=1S/C11H9NO2S/c1-7-4-5-8(9-3-2-6-15-9)10(12-7)11(13)14/h2-6H,1H3,(H,13,14). The summed E-state index contributed by atoms with van der Waals surface area (Å²) in [6, 6.07) is 7.41. The first-order chi connectivity index (χ1) is 7.18. The van der Waals surface area contributed by atoms with Crippen LogP contribution in [0.25, 0.3) is 10.4 Å². The first kappa shape index (κ1) is 9.86. The van der Waals surface area contributed by atoms with Crippen molar-refractivity contribution >= 4 is 17.3 Å². The van der Waals surface area contributed by atoms with Crippen LogP contribution < -0.4 is 0 Å². The highest BCUT2D eigenvalue weighted by Crippen LogP contribution is 2.27. The molecule has 2 aromatic rings. The van der Waals surface area contributed by atoms with Gasteiger partial charge in [0.1, 0.15) is 0 Å². The van der Waals surface area contributed by atoms with Crippen LogP contribution in [0.4, 0.5) is 0 Å². The number of aromatic carboxylic acids is 1. The number of carboxylic acids is 1. The van der Waals surface area contributed by atoms with E-state index in [1.54, 1.807) is 13.0 Å². The molecule has 0 unspecified atom stereocenters. The molecule has 15 heavy (non-hydrogen) atoms. The Bertz CT molecular complexity index is 491. The molecule has 2 heterocycles. The van der Waals surface area contributed by atoms with Crippen LogP contribution in [0, 0.1) is 6.92 Å². The first-order valence-electron chi connectivity index (χ1n) is 4.43. The van der Waals surface area contributed by atoms with Crippen LogP contribution in [0.1, 0.15) is 16.2 Å². The quantitative estimate of drug-likeness (QED) is 0.844. The van der Waals surface area contributed by atoms with Crippen LogP contribution in [0.5, 0.6) is 0 Å². The number of thiophene rings is 1. The Labute approximate surface area is 91.0 Å². The van der Waals surface area contributed by atoms with Gasteiger partial charge in [0.05, 0.1) is 0 Å². The van der Waals surface area contributed by atoms with Gasteiger partial charge >= 0.3 is 5.97 Å². The summed E-state index contributed by atoms with van der Waals surface area (Å²) in [5, 5.41) is 10.9. The normalized spacial score (nSPS) is 10.2. The second-order valence-corrected chi connectivity index (χ2v) is 4.08. The molecule has 4 heteroatoms. The van der Waals surface area contributed by atoms with Gasteiger partial charge in [-0.25, -0.2) is 9.78 Å². The Morgan fingerprint density at radius 1 is 1.40 bits per heavy atom. The van der Waals surface area contributed by atoms with Crippen LogP contribution in [0.2, 0.25) is 0 Å². The number of hydrogen-bond acceptors (Lipinski definition) is 3. The molecular weight excluding hydrogens is 210 g/mol. The van der Waals surface area contributed by atoms with Gasteiger partial charge in [-0.3, -0.25) is 0 Å². The van der Waals surface area contributed by atoms with E-state index in [0.29, 0.717) is 11.3 Å². The van der Waals surface area contributed by atoms with Crippen LogP contribution >= 0.6 is 11.3 Å². The number of carbonyl (C=O) groups is 1. The molecule has 3 nitrogen and oxygen atoms in total. The topological polar surface area (TPSA) is 50.2 Å². The Hall–Kier alpha value is -1.68. The summed E-state index contributed by atoms with van der Waals surface area (Å²) in [6.07, 6.45) is 0. The van der Waals surface area contributed by atoms with E-state index in [2.05, 4.69) is 4.98 Å². The predicted molar refractivity (Wildman–Crippen MR) is 59.2 cm³/mol. The zero-order valence-corrected chi connectivity index (χ0v) is 8.91. The van der Waals surface area contributed by atoms with Crippen LogP contribution in [-0.2, 0) is 0 Å². The van der Waals surface area contributed by atoms with Crippen molar-refractivity contribution in [3.8, 4) is 10.4 Å². The smallest absolute Gasteiger partial charge is 0.355 e. The summed E-state index contributed by atoms with van der Waals surface area (Å²) in [7, 11) is 0. The molecule has 0 bridgehead atoms. The van der Waals surface area contributed by atoms with Gasteiger partial charge in [0.25, 0.3) is 0 Å². The van der Waals surface area contributed by atoms with Crippen molar-refractivity contribution in [3.05, 3.63) is 41.0 Å². The number of pyridine rings is 1. The highest BCUT2D eigenvalue weighted by molar-refractivity contribution is 7.13. The number of carboxylic acid groups (broad SMARTS) is 1. The van der Waals surface area contributed by atoms with Crippen molar-refractivity contribution in [2.45, 2.75) is 6.92 Å². The van der Waals surface area contributed by atoms with E-state index in [4.69, 9.17) is 5.11 Å². The fourth-order valence-corrected chi connectivity index (χ4v) is 2.10. The van der Waals surface area contributed by atoms with E-state index in [1.165, 1.54) is 11.3 Å². The van der Waals surface area contributed by atoms with Crippen molar-refractivity contribution in [2.75, 3.05) is 0 Å². The zero-order chi connectivity index (χ0) is 10.8. The van der Waals surface area contributed by atoms with Gasteiger partial charge in [-0.1, -0.05) is 6.07 Å². The number of nitrogens with zero attached hydrogens (tertiary/aromatic N) is 1. The molecular formula is C11H9NO2S. The summed E-state index contributed by atoms with van der Waals surface area (Å²) in [6.45, 7) is 1.78. The molecule has 0 saturated carbocycles. The van der Waals surface area contributed by atoms with Crippen LogP contribution in [0.15, 0.2) is 29.6 Å². The van der Waals surface area contributed by atoms with Crippen molar-refractivity contribution in [1.82, 2.24) is 4.98 Å². The summed E-state index contributed by atoms with van der Waals surface area (Å²) in [5.74, 6) is -0.984. The lowest BCUT2D eigenvalue weighted by Crippen LogP contribution is -2.03. The average molecular weight is 219 g/mol. The zero-order valence-electron chi connectivity index (χ0n) is 8.10. The summed E-state index contributed by atoms with van der Waals surface area (Å²) in [4.78, 5) is 16.0. The minimum Gasteiger partial charge on any atom is -0.476 e. The highest BCUT2D eigenvalue weighted by Gasteiger charge is 2.13. The molecule has 0 aliphatic carbocycles. The largest absolute Gasteiger partial charge is 0.476 e. The molecule has 0 spiro atoms. The van der Waals surface area contributed by atoms with Gasteiger partial charge in [-0.15, -0.1) is 11.3 Å². The lowest BCUT2D eigenvalue weighted by atomic mass is 10.1. The van der Waals surface area contributed by atoms with E-state index in [0.717, 1.165) is 4.88 Å². The summed E-state index contributed by atoms with van der Waals surface area (Å²) in [5.41, 5.74) is 1.52. The van der Waals surface area contributed by atoms with Crippen molar-refractivity contribution in [1.29, 1.82) is 0 Å². The molecule has 0 radical (unpaired) electrons. The van der Waals surface area contributed by atoms with Crippen LogP contribution in [-0.4, -0.2) is 16.1 Å². The second-order valence-electron chi connectivity index (χ2n) is 3.13. The molecule has 0 atom stereocenters. The van der Waals surface area contributed by atoms with Crippen LogP contribution in [0.3, 0.4) is 0 Å². The third kappa shape index (κ3) is 1.89. The number of aryl methyl sites for hydroxylation is 1. The molecule has 76 valence electrons. The molecule has 1 N–H and O–H groups in total. The lowest BCUT2D eigenvalue weighted by Gasteiger charge is -2.03. The van der Waals surface area contributed by atoms with E-state index in [9.17, 15) is 4.79 Å². The molecule has 0 amide bonds. The predicted octanol–water partition coefficient (Wildman–Crippen LogP) is 2.82. The lowest BCUT2D eigenvalue weighted by molar-refractivity contribution is 0.0691. The Balaban J connectivity index is 2.61. The SMILES string of the molecule is Cc1ccc(-c2cccs2)c(C(=O)O)n1. The van der Waals surface area contributed by atoms with Gasteiger partial charge in [0.2, 0.25) is 0 Å². The maximum absolute atomic E-state index is 11.0. The molecule has 0 aromatic carbocycles. The molecule has 0 aliphatic heterocycles. The van der Waals surface area contributed by atoms with Gasteiger partial charge in [-0.2, -0.15) is 0 Å². The number of rotatable bonds is 2. The molecule has 2 aromatic heterocycles. The van der Waals surface area contributed by atoms with Crippen molar-refractivity contribution in [2.24, 2.45) is 0 Å². The number of hydrogen-bond donors (Lipinski definition) is 1. The third-order valence-corrected chi connectivity index (χ3v) is 2.93. The Morgan fingerprint density at radius 2 is 2.20 bits per heavy atom. The van der Waals surface area contributed by atoms with Gasteiger partial charge in [-0.05, 0) is 30.5 Å². The fraction of sp³-hybridized carbons (Fsp3) is 0.0909. The summed E-state index contributed by atoms with van der Waals surface area (Å²) >= 11 is 1.51.